The van der Waals surface area contributed by atoms with Crippen molar-refractivity contribution in [3.05, 3.63) is 30.2 Å². The third-order valence-electron chi connectivity index (χ3n) is 2.25. The van der Waals surface area contributed by atoms with Gasteiger partial charge in [0, 0.05) is 5.56 Å². The lowest BCUT2D eigenvalue weighted by Gasteiger charge is -2.12. The normalized spacial score (nSPS) is 11.6. The first kappa shape index (κ1) is 12.6. The van der Waals surface area contributed by atoms with E-state index in [0.717, 1.165) is 18.5 Å². The van der Waals surface area contributed by atoms with Crippen LogP contribution in [0.4, 0.5) is 13.2 Å². The predicted octanol–water partition coefficient (Wildman–Crippen LogP) is 0.435. The molecule has 94 valence electrons. The van der Waals surface area contributed by atoms with Gasteiger partial charge in [-0.25, -0.2) is 0 Å². The molecule has 0 spiro atoms. The predicted molar refractivity (Wildman–Crippen MR) is 54.6 cm³/mol. The van der Waals surface area contributed by atoms with E-state index in [-0.39, 0.29) is 16.9 Å². The van der Waals surface area contributed by atoms with Crippen LogP contribution in [0, 0.1) is 0 Å². The molecule has 18 heavy (non-hydrogen) atoms. The zero-order valence-corrected chi connectivity index (χ0v) is 8.72. The van der Waals surface area contributed by atoms with Gasteiger partial charge in [0.2, 0.25) is 12.2 Å². The summed E-state index contributed by atoms with van der Waals surface area (Å²) in [5, 5.41) is 21.1. The Labute approximate surface area is 99.0 Å². The Morgan fingerprint density at radius 2 is 1.94 bits per heavy atom. The summed E-state index contributed by atoms with van der Waals surface area (Å²) in [6.45, 7) is 0. The first-order chi connectivity index (χ1) is 8.39. The Morgan fingerprint density at radius 3 is 2.44 bits per heavy atom. The third kappa shape index (κ3) is 2.36. The molecule has 2 N–H and O–H groups in total. The molecule has 0 atom stereocenters. The van der Waals surface area contributed by atoms with Gasteiger partial charge in [0.05, 0.1) is 5.56 Å². The van der Waals surface area contributed by atoms with E-state index >= 15 is 0 Å². The monoisotopic (exact) mass is 258 g/mol. The second-order valence-corrected chi connectivity index (χ2v) is 3.43. The summed E-state index contributed by atoms with van der Waals surface area (Å²) in [5.74, 6) is -0.221. The molecule has 0 saturated carbocycles. The van der Waals surface area contributed by atoms with Gasteiger partial charge >= 0.3 is 13.3 Å². The van der Waals surface area contributed by atoms with Crippen LogP contribution >= 0.6 is 0 Å². The lowest BCUT2D eigenvalue weighted by molar-refractivity contribution is -0.137. The van der Waals surface area contributed by atoms with E-state index in [1.807, 2.05) is 0 Å². The van der Waals surface area contributed by atoms with Crippen LogP contribution in [0.1, 0.15) is 5.56 Å². The molecule has 9 heteroatoms. The SMILES string of the molecule is OB(O)c1ccc(-c2ncon2)c(C(F)(F)F)c1. The average Bonchev–Trinajstić information content (AvgIpc) is 2.80. The molecule has 1 aromatic carbocycles. The van der Waals surface area contributed by atoms with Crippen molar-refractivity contribution >= 4 is 12.6 Å². The Hall–Kier alpha value is -1.87. The van der Waals surface area contributed by atoms with E-state index in [1.54, 1.807) is 0 Å². The van der Waals surface area contributed by atoms with Crippen LogP contribution in [-0.4, -0.2) is 27.3 Å². The smallest absolute Gasteiger partial charge is 0.423 e. The summed E-state index contributed by atoms with van der Waals surface area (Å²) in [6.07, 6.45) is -3.76. The fraction of sp³-hybridized carbons (Fsp3) is 0.111. The van der Waals surface area contributed by atoms with Crippen molar-refractivity contribution in [2.24, 2.45) is 0 Å². The maximum Gasteiger partial charge on any atom is 0.488 e. The molecular formula is C9H6BF3N2O3. The molecule has 0 unspecified atom stereocenters. The second-order valence-electron chi connectivity index (χ2n) is 3.43. The highest BCUT2D eigenvalue weighted by Crippen LogP contribution is 2.35. The van der Waals surface area contributed by atoms with Crippen molar-refractivity contribution in [1.82, 2.24) is 10.1 Å². The van der Waals surface area contributed by atoms with Crippen molar-refractivity contribution in [2.45, 2.75) is 6.18 Å². The molecule has 0 radical (unpaired) electrons. The molecule has 0 aliphatic carbocycles. The first-order valence-electron chi connectivity index (χ1n) is 4.73. The fourth-order valence-electron chi connectivity index (χ4n) is 1.44. The van der Waals surface area contributed by atoms with Crippen molar-refractivity contribution in [3.8, 4) is 11.4 Å². The molecule has 2 rings (SSSR count). The molecule has 0 aliphatic rings. The summed E-state index contributed by atoms with van der Waals surface area (Å²) in [5.41, 5.74) is -1.62. The second kappa shape index (κ2) is 4.43. The number of halogens is 3. The lowest BCUT2D eigenvalue weighted by atomic mass is 9.78. The van der Waals surface area contributed by atoms with Crippen LogP contribution in [0.3, 0.4) is 0 Å². The highest BCUT2D eigenvalue weighted by atomic mass is 19.4. The number of alkyl halides is 3. The number of aromatic nitrogens is 2. The largest absolute Gasteiger partial charge is 0.488 e. The number of rotatable bonds is 2. The Balaban J connectivity index is 2.60. The maximum atomic E-state index is 12.8. The van der Waals surface area contributed by atoms with Crippen molar-refractivity contribution in [2.75, 3.05) is 0 Å². The maximum absolute atomic E-state index is 12.8. The number of benzene rings is 1. The van der Waals surface area contributed by atoms with Crippen LogP contribution in [0.5, 0.6) is 0 Å². The van der Waals surface area contributed by atoms with E-state index in [0.29, 0.717) is 6.07 Å². The molecule has 0 saturated heterocycles. The van der Waals surface area contributed by atoms with Crippen molar-refractivity contribution < 1.29 is 27.7 Å². The average molecular weight is 258 g/mol. The van der Waals surface area contributed by atoms with Crippen LogP contribution in [-0.2, 0) is 6.18 Å². The van der Waals surface area contributed by atoms with Gasteiger partial charge in [0.25, 0.3) is 0 Å². The molecule has 0 aliphatic heterocycles. The van der Waals surface area contributed by atoms with E-state index in [1.165, 1.54) is 0 Å². The zero-order chi connectivity index (χ0) is 13.3. The number of hydrogen-bond donors (Lipinski definition) is 2. The van der Waals surface area contributed by atoms with Gasteiger partial charge in [-0.15, -0.1) is 0 Å². The van der Waals surface area contributed by atoms with Gasteiger partial charge in [-0.3, -0.25) is 0 Å². The zero-order valence-electron chi connectivity index (χ0n) is 8.72. The van der Waals surface area contributed by atoms with E-state index < -0.39 is 18.9 Å². The van der Waals surface area contributed by atoms with Crippen LogP contribution in [0.15, 0.2) is 29.1 Å². The summed E-state index contributed by atoms with van der Waals surface area (Å²) in [4.78, 5) is 3.53. The van der Waals surface area contributed by atoms with E-state index in [9.17, 15) is 13.2 Å². The van der Waals surface area contributed by atoms with Gasteiger partial charge in [0.1, 0.15) is 0 Å². The quantitative estimate of drug-likeness (QED) is 0.764. The van der Waals surface area contributed by atoms with Crippen LogP contribution in [0.2, 0.25) is 0 Å². The van der Waals surface area contributed by atoms with Gasteiger partial charge in [-0.2, -0.15) is 18.2 Å². The summed E-state index contributed by atoms with van der Waals surface area (Å²) < 4.78 is 42.9. The Bertz CT molecular complexity index is 542. The topological polar surface area (TPSA) is 79.4 Å². The first-order valence-corrected chi connectivity index (χ1v) is 4.73. The minimum Gasteiger partial charge on any atom is -0.423 e. The van der Waals surface area contributed by atoms with Crippen molar-refractivity contribution in [1.29, 1.82) is 0 Å². The molecule has 2 aromatic rings. The van der Waals surface area contributed by atoms with Crippen LogP contribution in [0.25, 0.3) is 11.4 Å². The minimum absolute atomic E-state index is 0.221. The summed E-state index contributed by atoms with van der Waals surface area (Å²) in [6, 6.07) is 2.84. The lowest BCUT2D eigenvalue weighted by Crippen LogP contribution is -2.31. The molecule has 1 heterocycles. The summed E-state index contributed by atoms with van der Waals surface area (Å²) in [7, 11) is -1.98. The Kier molecular flexibility index (Phi) is 3.10. The van der Waals surface area contributed by atoms with E-state index in [2.05, 4.69) is 14.7 Å². The minimum atomic E-state index is -4.67. The number of hydrogen-bond acceptors (Lipinski definition) is 5. The van der Waals surface area contributed by atoms with Gasteiger partial charge in [-0.1, -0.05) is 17.3 Å². The highest BCUT2D eigenvalue weighted by Gasteiger charge is 2.35. The molecule has 1 aromatic heterocycles. The molecule has 0 amide bonds. The van der Waals surface area contributed by atoms with Crippen molar-refractivity contribution in [3.63, 3.8) is 0 Å². The van der Waals surface area contributed by atoms with Gasteiger partial charge < -0.3 is 14.6 Å². The van der Waals surface area contributed by atoms with E-state index in [4.69, 9.17) is 10.0 Å². The Morgan fingerprint density at radius 1 is 1.22 bits per heavy atom. The van der Waals surface area contributed by atoms with Gasteiger partial charge in [-0.05, 0) is 11.5 Å². The third-order valence-corrected chi connectivity index (χ3v) is 2.25. The molecule has 0 bridgehead atoms. The highest BCUT2D eigenvalue weighted by molar-refractivity contribution is 6.58. The molecular weight excluding hydrogens is 252 g/mol. The van der Waals surface area contributed by atoms with Gasteiger partial charge in [0.15, 0.2) is 0 Å². The van der Waals surface area contributed by atoms with Crippen LogP contribution < -0.4 is 5.46 Å². The fourth-order valence-corrected chi connectivity index (χ4v) is 1.44. The molecule has 0 fully saturated rings. The standard InChI is InChI=1S/C9H6BF3N2O3/c11-9(12,13)7-3-5(10(16)17)1-2-6(7)8-14-4-18-15-8/h1-4,16-17H. The summed E-state index contributed by atoms with van der Waals surface area (Å²) >= 11 is 0. The molecule has 5 nitrogen and oxygen atoms in total. The number of nitrogens with zero attached hydrogens (tertiary/aromatic N) is 2.